The molecule has 0 bridgehead atoms. The molecule has 0 amide bonds. The first-order valence-corrected chi connectivity index (χ1v) is 5.38. The number of nitrogens with one attached hydrogen (secondary N) is 1. The van der Waals surface area contributed by atoms with Crippen LogP contribution in [0.1, 0.15) is 0 Å². The molecule has 3 rings (SSSR count). The molecule has 0 aliphatic rings. The van der Waals surface area contributed by atoms with Crippen molar-refractivity contribution in [2.24, 2.45) is 0 Å². The van der Waals surface area contributed by atoms with Crippen molar-refractivity contribution in [1.29, 1.82) is 0 Å². The summed E-state index contributed by atoms with van der Waals surface area (Å²) >= 11 is 0. The third-order valence-electron chi connectivity index (χ3n) is 2.63. The van der Waals surface area contributed by atoms with Gasteiger partial charge in [0, 0.05) is 5.56 Å². The van der Waals surface area contributed by atoms with Crippen LogP contribution in [0.3, 0.4) is 0 Å². The number of aromatic amines is 1. The molecule has 1 heterocycles. The fraction of sp³-hybridized carbons (Fsp3) is 0. The molecule has 0 aliphatic heterocycles. The number of benzene rings is 1. The van der Waals surface area contributed by atoms with Gasteiger partial charge in [-0.2, -0.15) is 0 Å². The Morgan fingerprint density at radius 3 is 2.47 bits per heavy atom. The topological polar surface area (TPSA) is 45.8 Å². The highest BCUT2D eigenvalue weighted by Gasteiger charge is 2.02. The first kappa shape index (κ1) is 9.78. The summed E-state index contributed by atoms with van der Waals surface area (Å²) in [6.07, 6.45) is 0. The van der Waals surface area contributed by atoms with Gasteiger partial charge >= 0.3 is 0 Å². The molecule has 0 unspecified atom stereocenters. The molecule has 0 saturated carbocycles. The second kappa shape index (κ2) is 3.87. The molecule has 1 N–H and O–H groups in total. The molecule has 3 nitrogen and oxygen atoms in total. The largest absolute Gasteiger partial charge is 0.338 e. The van der Waals surface area contributed by atoms with Gasteiger partial charge in [-0.25, -0.2) is 4.98 Å². The Morgan fingerprint density at radius 1 is 0.882 bits per heavy atom. The number of imidazole rings is 1. The van der Waals surface area contributed by atoms with Crippen molar-refractivity contribution in [2.75, 3.05) is 0 Å². The Bertz CT molecular complexity index is 677. The van der Waals surface area contributed by atoms with Crippen LogP contribution in [0.25, 0.3) is 22.4 Å². The van der Waals surface area contributed by atoms with E-state index in [-0.39, 0.29) is 5.43 Å². The minimum Gasteiger partial charge on any atom is -0.338 e. The quantitative estimate of drug-likeness (QED) is 0.687. The van der Waals surface area contributed by atoms with E-state index >= 15 is 0 Å². The number of nitrogens with zero attached hydrogens (tertiary/aromatic N) is 1. The zero-order chi connectivity index (χ0) is 11.7. The predicted molar refractivity (Wildman–Crippen MR) is 67.8 cm³/mol. The summed E-state index contributed by atoms with van der Waals surface area (Å²) in [5.74, 6) is 0.819. The van der Waals surface area contributed by atoms with Gasteiger partial charge in [-0.3, -0.25) is 4.79 Å². The predicted octanol–water partition coefficient (Wildman–Crippen LogP) is 2.59. The maximum absolute atomic E-state index is 11.2. The van der Waals surface area contributed by atoms with Crippen molar-refractivity contribution in [1.82, 2.24) is 9.97 Å². The van der Waals surface area contributed by atoms with Gasteiger partial charge in [0.25, 0.3) is 0 Å². The molecule has 1 aromatic heterocycles. The van der Waals surface area contributed by atoms with E-state index in [1.807, 2.05) is 30.3 Å². The van der Waals surface area contributed by atoms with Crippen molar-refractivity contribution in [3.8, 4) is 11.4 Å². The van der Waals surface area contributed by atoms with Gasteiger partial charge in [0.15, 0.2) is 5.43 Å². The Balaban J connectivity index is 2.22. The van der Waals surface area contributed by atoms with Crippen molar-refractivity contribution < 1.29 is 0 Å². The number of fused-ring (bicyclic) bond motifs is 1. The lowest BCUT2D eigenvalue weighted by atomic mass is 10.2. The first-order chi connectivity index (χ1) is 8.33. The second-order valence-electron chi connectivity index (χ2n) is 3.82. The Labute approximate surface area is 97.8 Å². The van der Waals surface area contributed by atoms with Crippen LogP contribution in [0.4, 0.5) is 0 Å². The second-order valence-corrected chi connectivity index (χ2v) is 3.82. The number of aromatic nitrogens is 2. The fourth-order valence-corrected chi connectivity index (χ4v) is 1.77. The lowest BCUT2D eigenvalue weighted by Crippen LogP contribution is -1.88. The third-order valence-corrected chi connectivity index (χ3v) is 2.63. The maximum atomic E-state index is 11.2. The number of H-pyrrole nitrogens is 1. The summed E-state index contributed by atoms with van der Waals surface area (Å²) in [6, 6.07) is 16.5. The third kappa shape index (κ3) is 1.83. The number of hydrogen-bond acceptors (Lipinski definition) is 2. The summed E-state index contributed by atoms with van der Waals surface area (Å²) in [7, 11) is 0. The van der Waals surface area contributed by atoms with Gasteiger partial charge < -0.3 is 4.98 Å². The maximum Gasteiger partial charge on any atom is 0.178 e. The normalized spacial score (nSPS) is 10.6. The minimum atomic E-state index is -0.0161. The van der Waals surface area contributed by atoms with Gasteiger partial charge in [-0.1, -0.05) is 30.3 Å². The average Bonchev–Trinajstić information content (AvgIpc) is 2.71. The molecule has 0 radical (unpaired) electrons. The van der Waals surface area contributed by atoms with E-state index in [9.17, 15) is 4.79 Å². The van der Waals surface area contributed by atoms with Crippen LogP contribution in [0.15, 0.2) is 59.4 Å². The van der Waals surface area contributed by atoms with E-state index in [1.54, 1.807) is 12.1 Å². The monoisotopic (exact) mass is 222 g/mol. The van der Waals surface area contributed by atoms with Crippen LogP contribution >= 0.6 is 0 Å². The zero-order valence-electron chi connectivity index (χ0n) is 9.05. The van der Waals surface area contributed by atoms with Gasteiger partial charge in [0.1, 0.15) is 5.82 Å². The summed E-state index contributed by atoms with van der Waals surface area (Å²) in [5.41, 5.74) is 2.68. The summed E-state index contributed by atoms with van der Waals surface area (Å²) in [5, 5.41) is 0. The molecule has 17 heavy (non-hydrogen) atoms. The summed E-state index contributed by atoms with van der Waals surface area (Å²) in [4.78, 5) is 18.9. The van der Waals surface area contributed by atoms with Gasteiger partial charge in [0.2, 0.25) is 0 Å². The van der Waals surface area contributed by atoms with Crippen LogP contribution in [-0.2, 0) is 0 Å². The lowest BCUT2D eigenvalue weighted by molar-refractivity contribution is 1.33. The van der Waals surface area contributed by atoms with Crippen molar-refractivity contribution in [3.05, 3.63) is 64.8 Å². The standard InChI is InChI=1S/C14H10N2O/c17-11-6-8-12-13(9-7-11)16-14(15-12)10-4-2-1-3-5-10/h1-9H,(H,15,16). The smallest absolute Gasteiger partial charge is 0.178 e. The SMILES string of the molecule is O=c1ccc2nc(-c3ccccc3)[nH]c2cc1. The number of hydrogen-bond donors (Lipinski definition) is 1. The van der Waals surface area contributed by atoms with Crippen LogP contribution in [0.2, 0.25) is 0 Å². The van der Waals surface area contributed by atoms with Gasteiger partial charge in [-0.05, 0) is 24.3 Å². The molecule has 82 valence electrons. The molecule has 3 aromatic rings. The van der Waals surface area contributed by atoms with Gasteiger partial charge in [0.05, 0.1) is 11.0 Å². The van der Waals surface area contributed by atoms with Gasteiger partial charge in [-0.15, -0.1) is 0 Å². The van der Waals surface area contributed by atoms with Crippen LogP contribution in [0, 0.1) is 0 Å². The van der Waals surface area contributed by atoms with Crippen LogP contribution in [-0.4, -0.2) is 9.97 Å². The Kier molecular flexibility index (Phi) is 2.22. The van der Waals surface area contributed by atoms with Crippen molar-refractivity contribution in [2.45, 2.75) is 0 Å². The molecule has 2 aromatic carbocycles. The Hall–Kier alpha value is -2.42. The summed E-state index contributed by atoms with van der Waals surface area (Å²) < 4.78 is 0. The first-order valence-electron chi connectivity index (χ1n) is 5.38. The van der Waals surface area contributed by atoms with E-state index in [4.69, 9.17) is 0 Å². The fourth-order valence-electron chi connectivity index (χ4n) is 1.77. The molecule has 0 spiro atoms. The van der Waals surface area contributed by atoms with Crippen LogP contribution < -0.4 is 5.43 Å². The average molecular weight is 222 g/mol. The van der Waals surface area contributed by atoms with Crippen molar-refractivity contribution >= 4 is 11.0 Å². The molecular formula is C14H10N2O. The molecule has 0 fully saturated rings. The molecule has 0 aliphatic carbocycles. The minimum absolute atomic E-state index is 0.0161. The highest BCUT2D eigenvalue weighted by atomic mass is 16.1. The molecular weight excluding hydrogens is 212 g/mol. The highest BCUT2D eigenvalue weighted by molar-refractivity contribution is 5.78. The molecule has 3 heteroatoms. The van der Waals surface area contributed by atoms with Crippen molar-refractivity contribution in [3.63, 3.8) is 0 Å². The van der Waals surface area contributed by atoms with E-state index in [0.717, 1.165) is 22.4 Å². The van der Waals surface area contributed by atoms with E-state index < -0.39 is 0 Å². The highest BCUT2D eigenvalue weighted by Crippen LogP contribution is 2.18. The molecule has 0 saturated heterocycles. The molecule has 0 atom stereocenters. The zero-order valence-corrected chi connectivity index (χ0v) is 9.05. The summed E-state index contributed by atoms with van der Waals surface area (Å²) in [6.45, 7) is 0. The lowest BCUT2D eigenvalue weighted by Gasteiger charge is -1.93. The van der Waals surface area contributed by atoms with Crippen LogP contribution in [0.5, 0.6) is 0 Å². The Morgan fingerprint density at radius 2 is 1.65 bits per heavy atom. The van der Waals surface area contributed by atoms with E-state index in [2.05, 4.69) is 9.97 Å². The van der Waals surface area contributed by atoms with E-state index in [0.29, 0.717) is 0 Å². The van der Waals surface area contributed by atoms with E-state index in [1.165, 1.54) is 12.1 Å². The number of rotatable bonds is 1.